The molecular weight excluding hydrogens is 392 g/mol. The van der Waals surface area contributed by atoms with Gasteiger partial charge in [-0.05, 0) is 48.7 Å². The predicted octanol–water partition coefficient (Wildman–Crippen LogP) is 4.12. The molecule has 3 rings (SSSR count). The minimum Gasteiger partial charge on any atom is -0.319 e. The van der Waals surface area contributed by atoms with Gasteiger partial charge in [0.2, 0.25) is 0 Å². The molecule has 7 heteroatoms. The summed E-state index contributed by atoms with van der Waals surface area (Å²) in [5.41, 5.74) is 2.58. The zero-order valence-corrected chi connectivity index (χ0v) is 17.9. The SMILES string of the molecule is CCCCc1ccc2c(c1)sc(=NC(=O)c1cccc(S(=O)(=O)CC)c1)n2C. The smallest absolute Gasteiger partial charge is 0.279 e. The van der Waals surface area contributed by atoms with E-state index in [4.69, 9.17) is 0 Å². The average molecular weight is 417 g/mol. The number of hydrogen-bond donors (Lipinski definition) is 0. The van der Waals surface area contributed by atoms with Gasteiger partial charge < -0.3 is 4.57 Å². The van der Waals surface area contributed by atoms with Crippen LogP contribution < -0.4 is 4.80 Å². The van der Waals surface area contributed by atoms with Crippen LogP contribution in [0.4, 0.5) is 0 Å². The van der Waals surface area contributed by atoms with Crippen molar-refractivity contribution >= 4 is 37.3 Å². The van der Waals surface area contributed by atoms with Crippen LogP contribution in [0.3, 0.4) is 0 Å². The molecule has 148 valence electrons. The lowest BCUT2D eigenvalue weighted by atomic mass is 10.1. The van der Waals surface area contributed by atoms with Gasteiger partial charge in [-0.3, -0.25) is 4.79 Å². The van der Waals surface area contributed by atoms with E-state index < -0.39 is 15.7 Å². The predicted molar refractivity (Wildman–Crippen MR) is 113 cm³/mol. The molecule has 0 spiro atoms. The van der Waals surface area contributed by atoms with Crippen LogP contribution in [0.25, 0.3) is 10.2 Å². The second-order valence-electron chi connectivity index (χ2n) is 6.70. The van der Waals surface area contributed by atoms with Crippen molar-refractivity contribution in [3.05, 3.63) is 58.4 Å². The molecule has 0 bridgehead atoms. The van der Waals surface area contributed by atoms with Crippen molar-refractivity contribution in [2.24, 2.45) is 12.0 Å². The van der Waals surface area contributed by atoms with Gasteiger partial charge in [-0.25, -0.2) is 8.42 Å². The molecule has 0 radical (unpaired) electrons. The second-order valence-corrected chi connectivity index (χ2v) is 9.98. The Kier molecular flexibility index (Phi) is 6.15. The highest BCUT2D eigenvalue weighted by molar-refractivity contribution is 7.91. The molecule has 1 aromatic heterocycles. The molecule has 0 N–H and O–H groups in total. The maximum absolute atomic E-state index is 12.7. The van der Waals surface area contributed by atoms with Crippen LogP contribution in [0.15, 0.2) is 52.4 Å². The molecule has 28 heavy (non-hydrogen) atoms. The van der Waals surface area contributed by atoms with Gasteiger partial charge in [0.25, 0.3) is 5.91 Å². The Morgan fingerprint density at radius 1 is 1.14 bits per heavy atom. The van der Waals surface area contributed by atoms with Gasteiger partial charge in [-0.1, -0.05) is 43.7 Å². The molecule has 5 nitrogen and oxygen atoms in total. The lowest BCUT2D eigenvalue weighted by Gasteiger charge is -2.02. The first-order valence-electron chi connectivity index (χ1n) is 9.36. The minimum absolute atomic E-state index is 0.00652. The number of benzene rings is 2. The van der Waals surface area contributed by atoms with Crippen LogP contribution in [0.1, 0.15) is 42.6 Å². The molecule has 0 atom stereocenters. The van der Waals surface area contributed by atoms with E-state index in [-0.39, 0.29) is 16.2 Å². The number of thiazole rings is 1. The lowest BCUT2D eigenvalue weighted by molar-refractivity contribution is 0.0997. The topological polar surface area (TPSA) is 68.5 Å². The zero-order chi connectivity index (χ0) is 20.3. The Balaban J connectivity index is 1.99. The van der Waals surface area contributed by atoms with Crippen molar-refractivity contribution in [3.63, 3.8) is 0 Å². The van der Waals surface area contributed by atoms with E-state index in [9.17, 15) is 13.2 Å². The summed E-state index contributed by atoms with van der Waals surface area (Å²) in [6, 6.07) is 12.4. The van der Waals surface area contributed by atoms with Crippen LogP contribution in [0.2, 0.25) is 0 Å². The molecule has 0 aliphatic carbocycles. The number of hydrogen-bond acceptors (Lipinski definition) is 4. The fourth-order valence-corrected chi connectivity index (χ4v) is 4.97. The molecule has 0 fully saturated rings. The summed E-state index contributed by atoms with van der Waals surface area (Å²) in [6.07, 6.45) is 3.34. The van der Waals surface area contributed by atoms with Crippen molar-refractivity contribution in [1.82, 2.24) is 4.57 Å². The standard InChI is InChI=1S/C21H24N2O3S2/c1-4-6-8-15-11-12-18-19(13-15)27-21(23(18)3)22-20(24)16-9-7-10-17(14-16)28(25,26)5-2/h7,9-14H,4-6,8H2,1-3H3. The minimum atomic E-state index is -3.36. The van der Waals surface area contributed by atoms with E-state index in [2.05, 4.69) is 30.1 Å². The molecule has 0 saturated heterocycles. The largest absolute Gasteiger partial charge is 0.319 e. The Labute approximate surface area is 169 Å². The van der Waals surface area contributed by atoms with Crippen molar-refractivity contribution in [3.8, 4) is 0 Å². The molecule has 1 heterocycles. The van der Waals surface area contributed by atoms with Crippen LogP contribution in [0.5, 0.6) is 0 Å². The van der Waals surface area contributed by atoms with Gasteiger partial charge in [-0.15, -0.1) is 0 Å². The van der Waals surface area contributed by atoms with E-state index in [0.717, 1.165) is 29.5 Å². The highest BCUT2D eigenvalue weighted by Crippen LogP contribution is 2.20. The first-order valence-corrected chi connectivity index (χ1v) is 11.8. The lowest BCUT2D eigenvalue weighted by Crippen LogP contribution is -2.13. The number of unbranched alkanes of at least 4 members (excludes halogenated alkanes) is 1. The van der Waals surface area contributed by atoms with E-state index >= 15 is 0 Å². The second kappa shape index (κ2) is 8.41. The molecule has 1 amide bonds. The van der Waals surface area contributed by atoms with Crippen LogP contribution in [0, 0.1) is 0 Å². The number of aromatic nitrogens is 1. The first-order chi connectivity index (χ1) is 13.4. The summed E-state index contributed by atoms with van der Waals surface area (Å²) in [4.78, 5) is 17.6. The van der Waals surface area contributed by atoms with Gasteiger partial charge in [-0.2, -0.15) is 4.99 Å². The van der Waals surface area contributed by atoms with Gasteiger partial charge >= 0.3 is 0 Å². The number of carbonyl (C=O) groups is 1. The van der Waals surface area contributed by atoms with Gasteiger partial charge in [0.05, 0.1) is 20.9 Å². The molecule has 0 aliphatic heterocycles. The number of nitrogens with zero attached hydrogens (tertiary/aromatic N) is 2. The third-order valence-electron chi connectivity index (χ3n) is 4.71. The number of fused-ring (bicyclic) bond motifs is 1. The highest BCUT2D eigenvalue weighted by atomic mass is 32.2. The number of sulfone groups is 1. The summed E-state index contributed by atoms with van der Waals surface area (Å²) < 4.78 is 27.1. The number of carbonyl (C=O) groups excluding carboxylic acids is 1. The Hall–Kier alpha value is -2.25. The summed E-state index contributed by atoms with van der Waals surface area (Å²) in [7, 11) is -1.48. The van der Waals surface area contributed by atoms with Crippen molar-refractivity contribution in [2.75, 3.05) is 5.75 Å². The first kappa shape index (κ1) is 20.5. The van der Waals surface area contributed by atoms with E-state index in [1.807, 2.05) is 11.6 Å². The Morgan fingerprint density at radius 2 is 1.93 bits per heavy atom. The van der Waals surface area contributed by atoms with Crippen molar-refractivity contribution in [2.45, 2.75) is 38.0 Å². The van der Waals surface area contributed by atoms with Crippen LogP contribution in [-0.4, -0.2) is 24.6 Å². The normalized spacial score (nSPS) is 12.6. The zero-order valence-electron chi connectivity index (χ0n) is 16.3. The van der Waals surface area contributed by atoms with Crippen LogP contribution in [-0.2, 0) is 23.3 Å². The third-order valence-corrected chi connectivity index (χ3v) is 7.54. The van der Waals surface area contributed by atoms with Crippen molar-refractivity contribution in [1.29, 1.82) is 0 Å². The maximum atomic E-state index is 12.7. The Morgan fingerprint density at radius 3 is 2.64 bits per heavy atom. The number of rotatable bonds is 6. The molecule has 0 unspecified atom stereocenters. The van der Waals surface area contributed by atoms with E-state index in [0.29, 0.717) is 4.80 Å². The average Bonchev–Trinajstić information content (AvgIpc) is 3.01. The van der Waals surface area contributed by atoms with Gasteiger partial charge in [0.15, 0.2) is 14.6 Å². The Bertz CT molecular complexity index is 1190. The molecule has 3 aromatic rings. The number of aryl methyl sites for hydroxylation is 2. The summed E-state index contributed by atoms with van der Waals surface area (Å²) in [5.74, 6) is -0.450. The fraction of sp³-hybridized carbons (Fsp3) is 0.333. The molecule has 2 aromatic carbocycles. The number of amides is 1. The molecular formula is C21H24N2O3S2. The highest BCUT2D eigenvalue weighted by Gasteiger charge is 2.14. The molecule has 0 aliphatic rings. The fourth-order valence-electron chi connectivity index (χ4n) is 2.96. The van der Waals surface area contributed by atoms with Gasteiger partial charge in [0.1, 0.15) is 0 Å². The maximum Gasteiger partial charge on any atom is 0.279 e. The molecule has 0 saturated carbocycles. The summed E-state index contributed by atoms with van der Waals surface area (Å²) in [5, 5.41) is 0. The monoisotopic (exact) mass is 416 g/mol. The third kappa shape index (κ3) is 4.25. The van der Waals surface area contributed by atoms with E-state index in [1.54, 1.807) is 19.1 Å². The van der Waals surface area contributed by atoms with Crippen molar-refractivity contribution < 1.29 is 13.2 Å². The van der Waals surface area contributed by atoms with E-state index in [1.165, 1.54) is 29.0 Å². The van der Waals surface area contributed by atoms with Gasteiger partial charge in [0, 0.05) is 12.6 Å². The summed E-state index contributed by atoms with van der Waals surface area (Å²) >= 11 is 1.47. The van der Waals surface area contributed by atoms with Crippen LogP contribution >= 0.6 is 11.3 Å². The summed E-state index contributed by atoms with van der Waals surface area (Å²) in [6.45, 7) is 3.76. The quantitative estimate of drug-likeness (QED) is 0.607.